The summed E-state index contributed by atoms with van der Waals surface area (Å²) in [5, 5.41) is 4.51. The largest absolute Gasteiger partial charge is 0.497 e. The lowest BCUT2D eigenvalue weighted by Gasteiger charge is -2.11. The summed E-state index contributed by atoms with van der Waals surface area (Å²) in [6, 6.07) is 12.8. The third-order valence-corrected chi connectivity index (χ3v) is 5.77. The van der Waals surface area contributed by atoms with Crippen molar-refractivity contribution in [3.8, 4) is 17.2 Å². The van der Waals surface area contributed by atoms with Crippen LogP contribution in [0.5, 0.6) is 17.2 Å². The molecule has 0 aliphatic carbocycles. The lowest BCUT2D eigenvalue weighted by Crippen LogP contribution is -2.12. The molecule has 2 aromatic carbocycles. The Morgan fingerprint density at radius 1 is 1.10 bits per heavy atom. The van der Waals surface area contributed by atoms with Gasteiger partial charge in [-0.05, 0) is 43.3 Å². The summed E-state index contributed by atoms with van der Waals surface area (Å²) in [5.74, 6) is 1.57. The van der Waals surface area contributed by atoms with E-state index in [-0.39, 0.29) is 5.91 Å². The molecule has 1 amide bonds. The molecule has 0 saturated heterocycles. The average molecular weight is 423 g/mol. The molecule has 2 aromatic heterocycles. The number of nitrogen functional groups attached to an aromatic ring is 1. The minimum atomic E-state index is -0.321. The van der Waals surface area contributed by atoms with Crippen LogP contribution < -0.4 is 25.3 Å². The molecule has 4 rings (SSSR count). The van der Waals surface area contributed by atoms with E-state index in [0.29, 0.717) is 39.2 Å². The molecule has 0 radical (unpaired) electrons. The first-order chi connectivity index (χ1) is 14.5. The molecule has 0 aliphatic heterocycles. The number of pyridine rings is 1. The highest BCUT2D eigenvalue weighted by atomic mass is 32.1. The van der Waals surface area contributed by atoms with E-state index in [2.05, 4.69) is 10.3 Å². The zero-order valence-corrected chi connectivity index (χ0v) is 17.6. The molecule has 0 unspecified atom stereocenters. The third kappa shape index (κ3) is 3.57. The highest BCUT2D eigenvalue weighted by molar-refractivity contribution is 7.21. The average Bonchev–Trinajstić information content (AvgIpc) is 3.08. The van der Waals surface area contributed by atoms with Crippen molar-refractivity contribution < 1.29 is 19.0 Å². The summed E-state index contributed by atoms with van der Waals surface area (Å²) in [6.45, 7) is 2.52. The number of methoxy groups -OCH3 is 2. The van der Waals surface area contributed by atoms with Crippen molar-refractivity contribution in [1.29, 1.82) is 0 Å². The summed E-state index contributed by atoms with van der Waals surface area (Å²) in [7, 11) is 3.10. The summed E-state index contributed by atoms with van der Waals surface area (Å²) < 4.78 is 16.1. The van der Waals surface area contributed by atoms with Crippen molar-refractivity contribution in [2.75, 3.05) is 31.9 Å². The number of hydrogen-bond donors (Lipinski definition) is 2. The van der Waals surface area contributed by atoms with E-state index >= 15 is 0 Å². The molecular weight excluding hydrogens is 402 g/mol. The van der Waals surface area contributed by atoms with Crippen molar-refractivity contribution in [3.05, 3.63) is 47.3 Å². The molecule has 0 atom stereocenters. The van der Waals surface area contributed by atoms with Gasteiger partial charge in [-0.15, -0.1) is 11.3 Å². The van der Waals surface area contributed by atoms with Crippen LogP contribution in [0.1, 0.15) is 16.6 Å². The predicted octanol–water partition coefficient (Wildman–Crippen LogP) is 4.70. The molecule has 30 heavy (non-hydrogen) atoms. The third-order valence-electron chi connectivity index (χ3n) is 4.66. The van der Waals surface area contributed by atoms with Gasteiger partial charge in [-0.2, -0.15) is 0 Å². The number of thiophene rings is 1. The maximum absolute atomic E-state index is 12.9. The fourth-order valence-corrected chi connectivity index (χ4v) is 4.17. The van der Waals surface area contributed by atoms with Gasteiger partial charge in [-0.1, -0.05) is 0 Å². The van der Waals surface area contributed by atoms with Crippen molar-refractivity contribution in [2.24, 2.45) is 0 Å². The van der Waals surface area contributed by atoms with Crippen LogP contribution in [0.25, 0.3) is 21.1 Å². The number of anilines is 2. The van der Waals surface area contributed by atoms with Crippen LogP contribution in [0.3, 0.4) is 0 Å². The Kier molecular flexibility index (Phi) is 5.33. The number of fused-ring (bicyclic) bond motifs is 2. The van der Waals surface area contributed by atoms with Crippen LogP contribution in [0.4, 0.5) is 11.4 Å². The number of rotatable bonds is 6. The topological polar surface area (TPSA) is 95.7 Å². The molecule has 7 nitrogen and oxygen atoms in total. The standard InChI is InChI=1S/C22H21N3O4S/c1-4-29-14-6-7-16-12(9-14)10-15-19(23)20(30-22(15)25-16)21(26)24-17-8-5-13(27-2)11-18(17)28-3/h5-11H,4,23H2,1-3H3,(H,24,26). The summed E-state index contributed by atoms with van der Waals surface area (Å²) >= 11 is 1.26. The molecule has 4 aromatic rings. The van der Waals surface area contributed by atoms with Crippen LogP contribution in [0, 0.1) is 0 Å². The summed E-state index contributed by atoms with van der Waals surface area (Å²) in [5.41, 5.74) is 8.07. The normalized spacial score (nSPS) is 10.9. The number of carbonyl (C=O) groups is 1. The van der Waals surface area contributed by atoms with Crippen LogP contribution in [-0.2, 0) is 0 Å². The maximum atomic E-state index is 12.9. The minimum Gasteiger partial charge on any atom is -0.497 e. The number of ether oxygens (including phenoxy) is 3. The first-order valence-corrected chi connectivity index (χ1v) is 10.1. The van der Waals surface area contributed by atoms with E-state index in [9.17, 15) is 4.79 Å². The van der Waals surface area contributed by atoms with Gasteiger partial charge < -0.3 is 25.3 Å². The van der Waals surface area contributed by atoms with Gasteiger partial charge in [0.05, 0.1) is 37.7 Å². The second-order valence-corrected chi connectivity index (χ2v) is 7.49. The lowest BCUT2D eigenvalue weighted by molar-refractivity contribution is 0.103. The van der Waals surface area contributed by atoms with Gasteiger partial charge in [0.15, 0.2) is 0 Å². The molecule has 2 heterocycles. The first kappa shape index (κ1) is 19.8. The molecule has 0 saturated carbocycles. The Balaban J connectivity index is 1.71. The van der Waals surface area contributed by atoms with E-state index in [0.717, 1.165) is 22.0 Å². The van der Waals surface area contributed by atoms with Crippen LogP contribution in [0.2, 0.25) is 0 Å². The number of benzene rings is 2. The molecule has 3 N–H and O–H groups in total. The molecule has 154 valence electrons. The van der Waals surface area contributed by atoms with E-state index in [4.69, 9.17) is 19.9 Å². The number of nitrogens with zero attached hydrogens (tertiary/aromatic N) is 1. The Labute approximate surface area is 177 Å². The van der Waals surface area contributed by atoms with E-state index in [1.54, 1.807) is 25.3 Å². The Morgan fingerprint density at radius 3 is 2.63 bits per heavy atom. The number of amides is 1. The van der Waals surface area contributed by atoms with Crippen molar-refractivity contribution in [3.63, 3.8) is 0 Å². The molecule has 0 aliphatic rings. The quantitative estimate of drug-likeness (QED) is 0.467. The Bertz CT molecular complexity index is 1250. The second kappa shape index (κ2) is 8.08. The van der Waals surface area contributed by atoms with E-state index in [1.807, 2.05) is 31.2 Å². The van der Waals surface area contributed by atoms with Gasteiger partial charge >= 0.3 is 0 Å². The SMILES string of the molecule is CCOc1ccc2nc3sc(C(=O)Nc4ccc(OC)cc4OC)c(N)c3cc2c1. The number of carbonyl (C=O) groups excluding carboxylic acids is 1. The number of nitrogens with two attached hydrogens (primary N) is 1. The van der Waals surface area contributed by atoms with E-state index in [1.165, 1.54) is 18.4 Å². The van der Waals surface area contributed by atoms with Gasteiger partial charge in [0, 0.05) is 16.8 Å². The van der Waals surface area contributed by atoms with Crippen molar-refractivity contribution in [2.45, 2.75) is 6.92 Å². The zero-order chi connectivity index (χ0) is 21.3. The van der Waals surface area contributed by atoms with Crippen LogP contribution in [-0.4, -0.2) is 31.7 Å². The number of nitrogens with one attached hydrogen (secondary N) is 1. The number of aromatic nitrogens is 1. The monoisotopic (exact) mass is 423 g/mol. The van der Waals surface area contributed by atoms with Gasteiger partial charge in [-0.25, -0.2) is 4.98 Å². The molecule has 0 fully saturated rings. The minimum absolute atomic E-state index is 0.321. The first-order valence-electron chi connectivity index (χ1n) is 9.33. The Hall–Kier alpha value is -3.52. The van der Waals surface area contributed by atoms with Gasteiger partial charge in [0.25, 0.3) is 5.91 Å². The van der Waals surface area contributed by atoms with Crippen molar-refractivity contribution >= 4 is 49.7 Å². The Morgan fingerprint density at radius 2 is 1.90 bits per heavy atom. The van der Waals surface area contributed by atoms with Gasteiger partial charge in [-0.3, -0.25) is 4.79 Å². The fraction of sp³-hybridized carbons (Fsp3) is 0.182. The van der Waals surface area contributed by atoms with Gasteiger partial charge in [0.1, 0.15) is 27.0 Å². The molecular formula is C22H21N3O4S. The highest BCUT2D eigenvalue weighted by Gasteiger charge is 2.19. The van der Waals surface area contributed by atoms with Gasteiger partial charge in [0.2, 0.25) is 0 Å². The smallest absolute Gasteiger partial charge is 0.268 e. The number of hydrogen-bond acceptors (Lipinski definition) is 7. The second-order valence-electron chi connectivity index (χ2n) is 6.49. The highest BCUT2D eigenvalue weighted by Crippen LogP contribution is 2.36. The summed E-state index contributed by atoms with van der Waals surface area (Å²) in [4.78, 5) is 18.7. The fourth-order valence-electron chi connectivity index (χ4n) is 3.19. The van der Waals surface area contributed by atoms with Crippen molar-refractivity contribution in [1.82, 2.24) is 4.98 Å². The summed E-state index contributed by atoms with van der Waals surface area (Å²) in [6.07, 6.45) is 0. The molecule has 8 heteroatoms. The zero-order valence-electron chi connectivity index (χ0n) is 16.8. The van der Waals surface area contributed by atoms with Crippen LogP contribution in [0.15, 0.2) is 42.5 Å². The van der Waals surface area contributed by atoms with E-state index < -0.39 is 0 Å². The lowest BCUT2D eigenvalue weighted by atomic mass is 10.1. The molecule has 0 spiro atoms. The maximum Gasteiger partial charge on any atom is 0.268 e. The van der Waals surface area contributed by atoms with Crippen LogP contribution >= 0.6 is 11.3 Å². The molecule has 0 bridgehead atoms. The predicted molar refractivity (Wildman–Crippen MR) is 120 cm³/mol.